The summed E-state index contributed by atoms with van der Waals surface area (Å²) in [6, 6.07) is 4.08. The smallest absolute Gasteiger partial charge is 0.338 e. The molecule has 34 heavy (non-hydrogen) atoms. The number of carbonyl (C=O) groups is 2. The van der Waals surface area contributed by atoms with Crippen LogP contribution in [0.1, 0.15) is 130 Å². The molecule has 0 amide bonds. The normalized spacial score (nSPS) is 26.2. The Hall–Kier alpha value is -1.84. The van der Waals surface area contributed by atoms with Crippen molar-refractivity contribution in [2.45, 2.75) is 122 Å². The first-order valence-electron chi connectivity index (χ1n) is 14.1. The average molecular weight is 469 g/mol. The van der Waals surface area contributed by atoms with E-state index in [1.807, 2.05) is 6.07 Å². The quantitative estimate of drug-likeness (QED) is 0.375. The molecule has 1 unspecified atom stereocenters. The van der Waals surface area contributed by atoms with E-state index in [4.69, 9.17) is 9.47 Å². The van der Waals surface area contributed by atoms with Crippen molar-refractivity contribution in [3.8, 4) is 0 Å². The summed E-state index contributed by atoms with van der Waals surface area (Å²) in [5, 5.41) is 0. The first-order valence-corrected chi connectivity index (χ1v) is 14.1. The van der Waals surface area contributed by atoms with Crippen molar-refractivity contribution >= 4 is 11.9 Å². The molecule has 0 spiro atoms. The maximum Gasteiger partial charge on any atom is 0.338 e. The number of hydrogen-bond acceptors (Lipinski definition) is 4. The van der Waals surface area contributed by atoms with Gasteiger partial charge in [0.1, 0.15) is 13.2 Å². The fourth-order valence-corrected chi connectivity index (χ4v) is 6.16. The van der Waals surface area contributed by atoms with Crippen LogP contribution in [-0.4, -0.2) is 25.2 Å². The van der Waals surface area contributed by atoms with Crippen LogP contribution < -0.4 is 0 Å². The second kappa shape index (κ2) is 12.7. The summed E-state index contributed by atoms with van der Waals surface area (Å²) in [4.78, 5) is 25.3. The molecule has 0 N–H and O–H groups in total. The molecule has 0 aromatic heterocycles. The molecular formula is C30H44O4. The summed E-state index contributed by atoms with van der Waals surface area (Å²) < 4.78 is 11.5. The van der Waals surface area contributed by atoms with E-state index in [-0.39, 0.29) is 17.4 Å². The fraction of sp³-hybridized carbons (Fsp3) is 0.733. The SMILES string of the molecule is O=C1CCCCCCCCCCCCCCCCCc2c3ccc4c2CC(CO1)(COC3=O)C4. The third kappa shape index (κ3) is 6.86. The van der Waals surface area contributed by atoms with E-state index >= 15 is 0 Å². The number of hydrogen-bond donors (Lipinski definition) is 0. The zero-order valence-electron chi connectivity index (χ0n) is 21.1. The lowest BCUT2D eigenvalue weighted by Gasteiger charge is -2.29. The van der Waals surface area contributed by atoms with Crippen LogP contribution in [0, 0.1) is 5.41 Å². The lowest BCUT2D eigenvalue weighted by molar-refractivity contribution is -0.148. The zero-order chi connectivity index (χ0) is 23.6. The summed E-state index contributed by atoms with van der Waals surface area (Å²) in [6.45, 7) is 0.688. The first-order chi connectivity index (χ1) is 16.7. The summed E-state index contributed by atoms with van der Waals surface area (Å²) >= 11 is 0. The molecule has 1 atom stereocenters. The zero-order valence-corrected chi connectivity index (χ0v) is 21.1. The fourth-order valence-electron chi connectivity index (χ4n) is 6.16. The van der Waals surface area contributed by atoms with Gasteiger partial charge in [0.15, 0.2) is 0 Å². The Morgan fingerprint density at radius 2 is 1.09 bits per heavy atom. The van der Waals surface area contributed by atoms with Gasteiger partial charge in [-0.2, -0.15) is 0 Å². The van der Waals surface area contributed by atoms with Crippen LogP contribution in [0.3, 0.4) is 0 Å². The van der Waals surface area contributed by atoms with E-state index in [0.717, 1.165) is 44.1 Å². The van der Waals surface area contributed by atoms with Crippen LogP contribution >= 0.6 is 0 Å². The Morgan fingerprint density at radius 3 is 1.71 bits per heavy atom. The number of benzene rings is 1. The summed E-state index contributed by atoms with van der Waals surface area (Å²) in [5.41, 5.74) is 4.31. The van der Waals surface area contributed by atoms with Crippen LogP contribution in [0.4, 0.5) is 0 Å². The lowest BCUT2D eigenvalue weighted by Crippen LogP contribution is -2.36. The van der Waals surface area contributed by atoms with Gasteiger partial charge in [-0.15, -0.1) is 0 Å². The first kappa shape index (κ1) is 25.3. The maximum absolute atomic E-state index is 12.8. The number of ether oxygens (including phenoxy) is 2. The van der Waals surface area contributed by atoms with Gasteiger partial charge >= 0.3 is 11.9 Å². The highest BCUT2D eigenvalue weighted by molar-refractivity contribution is 5.92. The van der Waals surface area contributed by atoms with Gasteiger partial charge in [-0.3, -0.25) is 4.79 Å². The molecule has 4 heteroatoms. The molecule has 0 saturated heterocycles. The number of rotatable bonds is 0. The van der Waals surface area contributed by atoms with Crippen molar-refractivity contribution in [1.29, 1.82) is 0 Å². The van der Waals surface area contributed by atoms with E-state index in [1.54, 1.807) is 0 Å². The van der Waals surface area contributed by atoms with E-state index in [2.05, 4.69) is 6.07 Å². The molecular weight excluding hydrogens is 424 g/mol. The Labute approximate surface area is 206 Å². The molecule has 4 rings (SSSR count). The molecule has 1 aromatic carbocycles. The van der Waals surface area contributed by atoms with Crippen molar-refractivity contribution in [1.82, 2.24) is 0 Å². The Morgan fingerprint density at radius 1 is 0.559 bits per heavy atom. The minimum atomic E-state index is -0.296. The van der Waals surface area contributed by atoms with Gasteiger partial charge in [-0.05, 0) is 54.9 Å². The van der Waals surface area contributed by atoms with Crippen molar-refractivity contribution in [3.63, 3.8) is 0 Å². The maximum atomic E-state index is 12.8. The minimum Gasteiger partial charge on any atom is -0.465 e. The number of carbonyl (C=O) groups excluding carboxylic acids is 2. The van der Waals surface area contributed by atoms with Crippen molar-refractivity contribution < 1.29 is 19.1 Å². The van der Waals surface area contributed by atoms with Gasteiger partial charge in [0.2, 0.25) is 0 Å². The van der Waals surface area contributed by atoms with Gasteiger partial charge in [-0.1, -0.05) is 89.5 Å². The van der Waals surface area contributed by atoms with E-state index in [9.17, 15) is 9.59 Å². The molecule has 0 fully saturated rings. The Kier molecular flexibility index (Phi) is 9.47. The monoisotopic (exact) mass is 468 g/mol. The number of esters is 2. The van der Waals surface area contributed by atoms with Crippen LogP contribution in [0.5, 0.6) is 0 Å². The molecule has 188 valence electrons. The van der Waals surface area contributed by atoms with Crippen LogP contribution in [-0.2, 0) is 33.5 Å². The van der Waals surface area contributed by atoms with Gasteiger partial charge in [0.05, 0.1) is 5.56 Å². The van der Waals surface area contributed by atoms with Gasteiger partial charge in [-0.25, -0.2) is 4.79 Å². The highest BCUT2D eigenvalue weighted by Gasteiger charge is 2.43. The molecule has 1 aliphatic carbocycles. The molecule has 3 aliphatic rings. The average Bonchev–Trinajstić information content (AvgIpc) is 3.24. The second-order valence-corrected chi connectivity index (χ2v) is 11.1. The van der Waals surface area contributed by atoms with Crippen molar-refractivity contribution in [2.75, 3.05) is 13.2 Å². The predicted octanol–water partition coefficient (Wildman–Crippen LogP) is 7.28. The Bertz CT molecular complexity index is 829. The standard InChI is InChI=1S/C30H44O4/c31-28-17-15-13-11-9-7-5-3-1-2-4-6-8-10-12-14-16-25-26-19-18-24-20-30(22-33-28,21-27(24)25)23-34-29(26)32/h18-19H,1-17,20-23H2. The highest BCUT2D eigenvalue weighted by Crippen LogP contribution is 2.42. The molecule has 1 aromatic rings. The van der Waals surface area contributed by atoms with E-state index in [0.29, 0.717) is 19.6 Å². The lowest BCUT2D eigenvalue weighted by atomic mass is 9.85. The molecule has 2 heterocycles. The topological polar surface area (TPSA) is 52.6 Å². The van der Waals surface area contributed by atoms with Crippen LogP contribution in [0.2, 0.25) is 0 Å². The third-order valence-electron chi connectivity index (χ3n) is 8.22. The molecule has 4 nitrogen and oxygen atoms in total. The van der Waals surface area contributed by atoms with Crippen molar-refractivity contribution in [2.24, 2.45) is 5.41 Å². The van der Waals surface area contributed by atoms with E-state index in [1.165, 1.54) is 93.7 Å². The van der Waals surface area contributed by atoms with Crippen LogP contribution in [0.15, 0.2) is 12.1 Å². The summed E-state index contributed by atoms with van der Waals surface area (Å²) in [6.07, 6.45) is 22.2. The van der Waals surface area contributed by atoms with E-state index < -0.39 is 0 Å². The molecule has 4 bridgehead atoms. The largest absolute Gasteiger partial charge is 0.465 e. The summed E-state index contributed by atoms with van der Waals surface area (Å²) in [7, 11) is 0. The van der Waals surface area contributed by atoms with Crippen LogP contribution in [0.25, 0.3) is 0 Å². The van der Waals surface area contributed by atoms with Crippen molar-refractivity contribution in [3.05, 3.63) is 34.4 Å². The molecule has 0 radical (unpaired) electrons. The van der Waals surface area contributed by atoms with Gasteiger partial charge in [0, 0.05) is 11.8 Å². The minimum absolute atomic E-state index is 0.103. The van der Waals surface area contributed by atoms with Gasteiger partial charge < -0.3 is 9.47 Å². The Balaban J connectivity index is 1.40. The van der Waals surface area contributed by atoms with Gasteiger partial charge in [0.25, 0.3) is 0 Å². The molecule has 2 aliphatic heterocycles. The number of cyclic esters (lactones) is 2. The predicted molar refractivity (Wildman–Crippen MR) is 135 cm³/mol. The molecule has 0 saturated carbocycles. The second-order valence-electron chi connectivity index (χ2n) is 11.1. The highest BCUT2D eigenvalue weighted by atomic mass is 16.5. The summed E-state index contributed by atoms with van der Waals surface area (Å²) in [5.74, 6) is -0.310. The third-order valence-corrected chi connectivity index (χ3v) is 8.22.